The Balaban J connectivity index is 0.998. The quantitative estimate of drug-likeness (QED) is 0.178. The van der Waals surface area contributed by atoms with Gasteiger partial charge in [-0.1, -0.05) is 164 Å². The van der Waals surface area contributed by atoms with Crippen molar-refractivity contribution in [3.05, 3.63) is 229 Å². The van der Waals surface area contributed by atoms with E-state index in [0.29, 0.717) is 17.5 Å². The molecule has 5 heteroatoms. The normalized spacial score (nSPS) is 13.2. The van der Waals surface area contributed by atoms with Crippen molar-refractivity contribution >= 4 is 43.7 Å². The fraction of sp³-hybridized carbons (Fsp3) is 0.0172. The van der Waals surface area contributed by atoms with E-state index in [0.717, 1.165) is 55.3 Å². The highest BCUT2D eigenvalue weighted by molar-refractivity contribution is 6.13. The van der Waals surface area contributed by atoms with Crippen LogP contribution in [0, 0.1) is 0 Å². The Bertz CT molecular complexity index is 3830. The van der Waals surface area contributed by atoms with Gasteiger partial charge in [-0.25, -0.2) is 15.0 Å². The molecule has 0 unspecified atom stereocenters. The van der Waals surface area contributed by atoms with Gasteiger partial charge in [0.15, 0.2) is 17.5 Å². The standard InChI is InChI=1S/C58H34N4O/c1-2-16-35(17-3-1)55-59-56(61-57(60-55)43-25-15-31-53-54(43)42-24-8-13-30-52(42)63-53)36-18-14-19-37(32-36)62-50-29-12-7-23-41(50)45-33-49-44(34-51(45)62)40-22-6-11-28-48(40)58(49)46-26-9-4-20-38(46)39-21-5-10-27-47(39)58/h1-34H. The minimum Gasteiger partial charge on any atom is -0.456 e. The van der Waals surface area contributed by atoms with Gasteiger partial charge < -0.3 is 8.98 Å². The highest BCUT2D eigenvalue weighted by Crippen LogP contribution is 2.63. The maximum absolute atomic E-state index is 6.30. The first-order chi connectivity index (χ1) is 31.2. The molecular weight excluding hydrogens is 769 g/mol. The van der Waals surface area contributed by atoms with Crippen LogP contribution in [0.25, 0.3) is 106 Å². The number of furan rings is 1. The molecule has 0 radical (unpaired) electrons. The molecule has 3 heterocycles. The Morgan fingerprint density at radius 2 is 0.905 bits per heavy atom. The second-order valence-corrected chi connectivity index (χ2v) is 16.7. The first-order valence-electron chi connectivity index (χ1n) is 21.4. The molecular formula is C58H34N4O. The zero-order valence-electron chi connectivity index (χ0n) is 33.8. The first-order valence-corrected chi connectivity index (χ1v) is 21.4. The molecule has 3 aromatic heterocycles. The number of para-hydroxylation sites is 2. The lowest BCUT2D eigenvalue weighted by Gasteiger charge is -2.30. The summed E-state index contributed by atoms with van der Waals surface area (Å²) >= 11 is 0. The summed E-state index contributed by atoms with van der Waals surface area (Å²) in [4.78, 5) is 15.6. The van der Waals surface area contributed by atoms with Gasteiger partial charge in [-0.3, -0.25) is 0 Å². The Morgan fingerprint density at radius 1 is 0.349 bits per heavy atom. The van der Waals surface area contributed by atoms with Crippen molar-refractivity contribution < 1.29 is 4.42 Å². The maximum Gasteiger partial charge on any atom is 0.164 e. The summed E-state index contributed by atoms with van der Waals surface area (Å²) in [5.41, 5.74) is 17.8. The summed E-state index contributed by atoms with van der Waals surface area (Å²) in [5, 5.41) is 4.45. The van der Waals surface area contributed by atoms with E-state index in [2.05, 4.69) is 162 Å². The van der Waals surface area contributed by atoms with Crippen LogP contribution < -0.4 is 0 Å². The molecule has 0 amide bonds. The number of rotatable bonds is 4. The number of hydrogen-bond donors (Lipinski definition) is 0. The van der Waals surface area contributed by atoms with Crippen LogP contribution in [-0.2, 0) is 5.41 Å². The van der Waals surface area contributed by atoms with Crippen LogP contribution in [0.3, 0.4) is 0 Å². The van der Waals surface area contributed by atoms with E-state index in [1.165, 1.54) is 55.3 Å². The van der Waals surface area contributed by atoms with Crippen molar-refractivity contribution in [2.75, 3.05) is 0 Å². The SMILES string of the molecule is c1ccc(-c2nc(-c3cccc(-n4c5ccccc5c5cc6c(cc54)-c4ccccc4C64c5ccccc5-c5ccccc54)c3)nc(-c3cccc4oc5ccccc5c34)n2)cc1. The fourth-order valence-corrected chi connectivity index (χ4v) is 10.9. The van der Waals surface area contributed by atoms with Gasteiger partial charge in [0.25, 0.3) is 0 Å². The molecule has 0 N–H and O–H groups in total. The van der Waals surface area contributed by atoms with Gasteiger partial charge in [0.2, 0.25) is 0 Å². The molecule has 0 fully saturated rings. The second kappa shape index (κ2) is 12.8. The minimum atomic E-state index is -0.420. The molecule has 0 aliphatic heterocycles. The maximum atomic E-state index is 6.30. The number of benzene rings is 9. The van der Waals surface area contributed by atoms with Crippen molar-refractivity contribution in [3.8, 4) is 62.1 Å². The lowest BCUT2D eigenvalue weighted by Crippen LogP contribution is -2.25. The predicted octanol–water partition coefficient (Wildman–Crippen LogP) is 14.2. The Kier molecular flexibility index (Phi) is 6.97. The lowest BCUT2D eigenvalue weighted by molar-refractivity contribution is 0.669. The number of aromatic nitrogens is 4. The summed E-state index contributed by atoms with van der Waals surface area (Å²) < 4.78 is 8.72. The first kappa shape index (κ1) is 34.3. The minimum absolute atomic E-state index is 0.420. The van der Waals surface area contributed by atoms with E-state index < -0.39 is 5.41 Å². The van der Waals surface area contributed by atoms with Crippen molar-refractivity contribution in [1.82, 2.24) is 19.5 Å². The predicted molar refractivity (Wildman–Crippen MR) is 254 cm³/mol. The monoisotopic (exact) mass is 802 g/mol. The molecule has 292 valence electrons. The Labute approximate surface area is 362 Å². The van der Waals surface area contributed by atoms with Crippen LogP contribution in [0.4, 0.5) is 0 Å². The molecule has 0 atom stereocenters. The third-order valence-electron chi connectivity index (χ3n) is 13.5. The summed E-state index contributed by atoms with van der Waals surface area (Å²) in [7, 11) is 0. The van der Waals surface area contributed by atoms with Crippen molar-refractivity contribution in [3.63, 3.8) is 0 Å². The van der Waals surface area contributed by atoms with Gasteiger partial charge >= 0.3 is 0 Å². The van der Waals surface area contributed by atoms with E-state index in [1.807, 2.05) is 48.5 Å². The number of nitrogens with zero attached hydrogens (tertiary/aromatic N) is 4. The molecule has 5 nitrogen and oxygen atoms in total. The van der Waals surface area contributed by atoms with Gasteiger partial charge in [-0.15, -0.1) is 0 Å². The molecule has 14 rings (SSSR count). The Hall–Kier alpha value is -8.41. The van der Waals surface area contributed by atoms with Gasteiger partial charge in [0, 0.05) is 43.9 Å². The zero-order valence-corrected chi connectivity index (χ0v) is 33.8. The fourth-order valence-electron chi connectivity index (χ4n) is 10.9. The number of fused-ring (bicyclic) bond motifs is 16. The largest absolute Gasteiger partial charge is 0.456 e. The molecule has 2 aliphatic rings. The van der Waals surface area contributed by atoms with Crippen LogP contribution >= 0.6 is 0 Å². The number of hydrogen-bond acceptors (Lipinski definition) is 4. The van der Waals surface area contributed by atoms with Crippen LogP contribution in [0.1, 0.15) is 22.3 Å². The average Bonchev–Trinajstić information content (AvgIpc) is 4.07. The van der Waals surface area contributed by atoms with Gasteiger partial charge in [0.1, 0.15) is 11.2 Å². The van der Waals surface area contributed by atoms with E-state index in [-0.39, 0.29) is 0 Å². The van der Waals surface area contributed by atoms with Crippen molar-refractivity contribution in [2.45, 2.75) is 5.41 Å². The van der Waals surface area contributed by atoms with E-state index in [1.54, 1.807) is 0 Å². The van der Waals surface area contributed by atoms with Crippen LogP contribution in [0.2, 0.25) is 0 Å². The highest BCUT2D eigenvalue weighted by Gasteiger charge is 2.51. The summed E-state index contributed by atoms with van der Waals surface area (Å²) in [6, 6.07) is 73.8. The molecule has 12 aromatic rings. The van der Waals surface area contributed by atoms with Gasteiger partial charge in [-0.2, -0.15) is 0 Å². The Morgan fingerprint density at radius 3 is 1.67 bits per heavy atom. The molecule has 0 saturated carbocycles. The molecule has 1 spiro atoms. The van der Waals surface area contributed by atoms with Crippen LogP contribution in [0.5, 0.6) is 0 Å². The van der Waals surface area contributed by atoms with Gasteiger partial charge in [0.05, 0.1) is 16.4 Å². The highest BCUT2D eigenvalue weighted by atomic mass is 16.3. The zero-order chi connectivity index (χ0) is 41.2. The van der Waals surface area contributed by atoms with Gasteiger partial charge in [-0.05, 0) is 87.0 Å². The molecule has 0 saturated heterocycles. The summed E-state index contributed by atoms with van der Waals surface area (Å²) in [6.07, 6.45) is 0. The van der Waals surface area contributed by atoms with Crippen molar-refractivity contribution in [2.24, 2.45) is 0 Å². The van der Waals surface area contributed by atoms with E-state index in [4.69, 9.17) is 19.4 Å². The van der Waals surface area contributed by atoms with E-state index in [9.17, 15) is 0 Å². The average molecular weight is 803 g/mol. The molecule has 0 bridgehead atoms. The molecule has 2 aliphatic carbocycles. The second-order valence-electron chi connectivity index (χ2n) is 16.7. The lowest BCUT2D eigenvalue weighted by atomic mass is 9.70. The third kappa shape index (κ3) is 4.68. The smallest absolute Gasteiger partial charge is 0.164 e. The topological polar surface area (TPSA) is 56.7 Å². The van der Waals surface area contributed by atoms with Crippen LogP contribution in [-0.4, -0.2) is 19.5 Å². The van der Waals surface area contributed by atoms with Crippen molar-refractivity contribution in [1.29, 1.82) is 0 Å². The van der Waals surface area contributed by atoms with E-state index >= 15 is 0 Å². The summed E-state index contributed by atoms with van der Waals surface area (Å²) in [5.74, 6) is 1.80. The molecule has 63 heavy (non-hydrogen) atoms. The van der Waals surface area contributed by atoms with Crippen LogP contribution in [0.15, 0.2) is 211 Å². The summed E-state index contributed by atoms with van der Waals surface area (Å²) in [6.45, 7) is 0. The molecule has 9 aromatic carbocycles. The third-order valence-corrected chi connectivity index (χ3v) is 13.5.